The average molecular weight is 246 g/mol. The maximum atomic E-state index is 11.2. The standard InChI is InChI=1S/C7H10N4O4S/c1-15-4(6(12)13)2-8-7(14)10-5-3-9-11-16-5/h3-4H,2H2,1H3,(H,12,13)(H2,8,10,14). The molecule has 8 nitrogen and oxygen atoms in total. The first-order valence-electron chi connectivity index (χ1n) is 4.21. The highest BCUT2D eigenvalue weighted by molar-refractivity contribution is 7.10. The zero-order chi connectivity index (χ0) is 12.0. The summed E-state index contributed by atoms with van der Waals surface area (Å²) in [5.41, 5.74) is 0. The van der Waals surface area contributed by atoms with E-state index in [9.17, 15) is 9.59 Å². The highest BCUT2D eigenvalue weighted by Crippen LogP contribution is 2.08. The number of hydrogen-bond acceptors (Lipinski definition) is 6. The molecule has 0 aliphatic rings. The average Bonchev–Trinajstić information content (AvgIpc) is 2.70. The van der Waals surface area contributed by atoms with Gasteiger partial charge in [0.25, 0.3) is 0 Å². The fraction of sp³-hybridized carbons (Fsp3) is 0.429. The van der Waals surface area contributed by atoms with Gasteiger partial charge in [-0.3, -0.25) is 5.32 Å². The second kappa shape index (κ2) is 5.98. The van der Waals surface area contributed by atoms with Crippen LogP contribution in [0.3, 0.4) is 0 Å². The van der Waals surface area contributed by atoms with Crippen LogP contribution in [0.25, 0.3) is 0 Å². The summed E-state index contributed by atoms with van der Waals surface area (Å²) in [6.45, 7) is -0.121. The van der Waals surface area contributed by atoms with Crippen LogP contribution in [-0.4, -0.2) is 46.5 Å². The number of aromatic nitrogens is 2. The molecule has 0 aliphatic heterocycles. The summed E-state index contributed by atoms with van der Waals surface area (Å²) >= 11 is 1.02. The molecular formula is C7H10N4O4S. The minimum Gasteiger partial charge on any atom is -0.479 e. The Hall–Kier alpha value is -1.74. The van der Waals surface area contributed by atoms with Crippen molar-refractivity contribution in [2.45, 2.75) is 6.10 Å². The number of anilines is 1. The number of carboxylic acids is 1. The molecule has 16 heavy (non-hydrogen) atoms. The van der Waals surface area contributed by atoms with Crippen molar-refractivity contribution in [2.24, 2.45) is 0 Å². The Bertz CT molecular complexity index is 355. The highest BCUT2D eigenvalue weighted by atomic mass is 32.1. The lowest BCUT2D eigenvalue weighted by Gasteiger charge is -2.11. The summed E-state index contributed by atoms with van der Waals surface area (Å²) in [4.78, 5) is 21.8. The third kappa shape index (κ3) is 3.79. The first-order chi connectivity index (χ1) is 7.63. The van der Waals surface area contributed by atoms with Gasteiger partial charge in [0.05, 0.1) is 12.7 Å². The molecule has 0 radical (unpaired) electrons. The molecule has 0 aromatic carbocycles. The molecule has 1 unspecified atom stereocenters. The quantitative estimate of drug-likeness (QED) is 0.660. The first kappa shape index (κ1) is 12.3. The zero-order valence-corrected chi connectivity index (χ0v) is 9.15. The fourth-order valence-electron chi connectivity index (χ4n) is 0.835. The molecule has 2 amide bonds. The SMILES string of the molecule is COC(CNC(=O)Nc1cnns1)C(=O)O. The van der Waals surface area contributed by atoms with E-state index < -0.39 is 18.1 Å². The van der Waals surface area contributed by atoms with E-state index in [1.54, 1.807) is 0 Å². The van der Waals surface area contributed by atoms with Gasteiger partial charge in [0.15, 0.2) is 6.10 Å². The number of urea groups is 1. The lowest BCUT2D eigenvalue weighted by Crippen LogP contribution is -2.39. The summed E-state index contributed by atoms with van der Waals surface area (Å²) in [5, 5.41) is 17.4. The van der Waals surface area contributed by atoms with Gasteiger partial charge in [0.2, 0.25) is 0 Å². The number of carbonyl (C=O) groups is 2. The minimum atomic E-state index is -1.14. The number of ether oxygens (including phenoxy) is 1. The molecule has 0 aliphatic carbocycles. The van der Waals surface area contributed by atoms with Crippen molar-refractivity contribution in [3.63, 3.8) is 0 Å². The van der Waals surface area contributed by atoms with Gasteiger partial charge in [-0.1, -0.05) is 4.49 Å². The minimum absolute atomic E-state index is 0.121. The van der Waals surface area contributed by atoms with Gasteiger partial charge in [0, 0.05) is 18.6 Å². The Morgan fingerprint density at radius 3 is 2.94 bits per heavy atom. The number of amides is 2. The van der Waals surface area contributed by atoms with Crippen LogP contribution in [-0.2, 0) is 9.53 Å². The summed E-state index contributed by atoms with van der Waals surface area (Å²) in [7, 11) is 1.26. The molecule has 9 heteroatoms. The van der Waals surface area contributed by atoms with Crippen LogP contribution in [0.15, 0.2) is 6.20 Å². The van der Waals surface area contributed by atoms with Gasteiger partial charge in [-0.2, -0.15) is 0 Å². The summed E-state index contributed by atoms with van der Waals surface area (Å²) in [6.07, 6.45) is 0.320. The highest BCUT2D eigenvalue weighted by Gasteiger charge is 2.17. The molecule has 3 N–H and O–H groups in total. The Balaban J connectivity index is 2.32. The number of nitrogens with one attached hydrogen (secondary N) is 2. The molecule has 1 aromatic rings. The van der Waals surface area contributed by atoms with Crippen molar-refractivity contribution in [2.75, 3.05) is 19.0 Å². The van der Waals surface area contributed by atoms with E-state index in [1.807, 2.05) is 0 Å². The van der Waals surface area contributed by atoms with E-state index in [1.165, 1.54) is 13.3 Å². The third-order valence-electron chi connectivity index (χ3n) is 1.61. The van der Waals surface area contributed by atoms with E-state index in [0.29, 0.717) is 5.00 Å². The van der Waals surface area contributed by atoms with Gasteiger partial charge < -0.3 is 15.2 Å². The number of aliphatic carboxylic acids is 1. The number of nitrogens with zero attached hydrogens (tertiary/aromatic N) is 2. The first-order valence-corrected chi connectivity index (χ1v) is 4.98. The van der Waals surface area contributed by atoms with Crippen LogP contribution in [0.2, 0.25) is 0 Å². The van der Waals surface area contributed by atoms with Crippen LogP contribution in [0.5, 0.6) is 0 Å². The van der Waals surface area contributed by atoms with E-state index in [2.05, 4.69) is 25.0 Å². The Morgan fingerprint density at radius 1 is 1.69 bits per heavy atom. The third-order valence-corrected chi connectivity index (χ3v) is 2.19. The summed E-state index contributed by atoms with van der Waals surface area (Å²) in [5.74, 6) is -1.14. The predicted molar refractivity (Wildman–Crippen MR) is 55.4 cm³/mol. The van der Waals surface area contributed by atoms with Crippen molar-refractivity contribution in [1.82, 2.24) is 14.9 Å². The smallest absolute Gasteiger partial charge is 0.334 e. The van der Waals surface area contributed by atoms with Crippen molar-refractivity contribution < 1.29 is 19.4 Å². The van der Waals surface area contributed by atoms with Crippen LogP contribution < -0.4 is 10.6 Å². The number of methoxy groups -OCH3 is 1. The zero-order valence-electron chi connectivity index (χ0n) is 8.34. The summed E-state index contributed by atoms with van der Waals surface area (Å²) in [6, 6.07) is -0.533. The molecule has 88 valence electrons. The van der Waals surface area contributed by atoms with E-state index in [0.717, 1.165) is 11.5 Å². The molecule has 0 bridgehead atoms. The van der Waals surface area contributed by atoms with Crippen molar-refractivity contribution in [3.8, 4) is 0 Å². The Morgan fingerprint density at radius 2 is 2.44 bits per heavy atom. The molecule has 0 fully saturated rings. The summed E-state index contributed by atoms with van der Waals surface area (Å²) < 4.78 is 8.18. The molecule has 1 atom stereocenters. The van der Waals surface area contributed by atoms with Crippen molar-refractivity contribution in [1.29, 1.82) is 0 Å². The van der Waals surface area contributed by atoms with Gasteiger partial charge in [-0.25, -0.2) is 9.59 Å². The molecule has 1 heterocycles. The van der Waals surface area contributed by atoms with E-state index >= 15 is 0 Å². The largest absolute Gasteiger partial charge is 0.479 e. The molecule has 0 spiro atoms. The lowest BCUT2D eigenvalue weighted by atomic mass is 10.3. The molecule has 1 rings (SSSR count). The van der Waals surface area contributed by atoms with Gasteiger partial charge >= 0.3 is 12.0 Å². The van der Waals surface area contributed by atoms with Crippen molar-refractivity contribution >= 4 is 28.5 Å². The topological polar surface area (TPSA) is 113 Å². The second-order valence-corrected chi connectivity index (χ2v) is 3.47. The van der Waals surface area contributed by atoms with Gasteiger partial charge in [0.1, 0.15) is 5.00 Å². The molecule has 1 aromatic heterocycles. The van der Waals surface area contributed by atoms with Gasteiger partial charge in [-0.05, 0) is 0 Å². The number of hydrogen-bond donors (Lipinski definition) is 3. The monoisotopic (exact) mass is 246 g/mol. The van der Waals surface area contributed by atoms with Crippen LogP contribution in [0.4, 0.5) is 9.80 Å². The molecule has 0 saturated heterocycles. The number of carbonyl (C=O) groups excluding carboxylic acids is 1. The second-order valence-electron chi connectivity index (χ2n) is 2.68. The number of carboxylic acid groups (broad SMARTS) is 1. The van der Waals surface area contributed by atoms with Crippen LogP contribution in [0, 0.1) is 0 Å². The molecular weight excluding hydrogens is 236 g/mol. The normalized spacial score (nSPS) is 11.8. The molecule has 0 saturated carbocycles. The van der Waals surface area contributed by atoms with Crippen LogP contribution in [0.1, 0.15) is 0 Å². The van der Waals surface area contributed by atoms with E-state index in [4.69, 9.17) is 5.11 Å². The maximum absolute atomic E-state index is 11.2. The Labute approximate surface area is 94.8 Å². The Kier molecular flexibility index (Phi) is 4.61. The number of rotatable bonds is 5. The maximum Gasteiger partial charge on any atom is 0.334 e. The van der Waals surface area contributed by atoms with Gasteiger partial charge in [-0.15, -0.1) is 5.10 Å². The van der Waals surface area contributed by atoms with E-state index in [-0.39, 0.29) is 6.54 Å². The van der Waals surface area contributed by atoms with Crippen molar-refractivity contribution in [3.05, 3.63) is 6.20 Å². The fourth-order valence-corrected chi connectivity index (χ4v) is 1.25. The van der Waals surface area contributed by atoms with Crippen LogP contribution >= 0.6 is 11.5 Å². The lowest BCUT2D eigenvalue weighted by molar-refractivity contribution is -0.147. The predicted octanol–water partition coefficient (Wildman–Crippen LogP) is -0.241.